The van der Waals surface area contributed by atoms with Crippen LogP contribution in [0.2, 0.25) is 0 Å². The van der Waals surface area contributed by atoms with Crippen molar-refractivity contribution in [2.75, 3.05) is 13.1 Å². The smallest absolute Gasteiger partial charge is 0.273 e. The predicted octanol–water partition coefficient (Wildman–Crippen LogP) is 1.66. The molecule has 0 radical (unpaired) electrons. The summed E-state index contributed by atoms with van der Waals surface area (Å²) in [6.07, 6.45) is 0.823. The fourth-order valence-electron chi connectivity index (χ4n) is 3.98. The SMILES string of the molecule is O=C(Cn1[nH]c(=O)c2ccccc2c1=O)N1CCC([C@@H](O)c2ccccc2)CC1. The molecule has 2 aromatic carbocycles. The average molecular weight is 393 g/mol. The number of amides is 1. The second kappa shape index (κ2) is 8.05. The van der Waals surface area contributed by atoms with Gasteiger partial charge < -0.3 is 10.0 Å². The lowest BCUT2D eigenvalue weighted by molar-refractivity contribution is -0.134. The first-order valence-corrected chi connectivity index (χ1v) is 9.77. The molecule has 0 aliphatic carbocycles. The third-order valence-corrected chi connectivity index (χ3v) is 5.66. The second-order valence-corrected chi connectivity index (χ2v) is 7.45. The second-order valence-electron chi connectivity index (χ2n) is 7.45. The number of hydrogen-bond donors (Lipinski definition) is 2. The summed E-state index contributed by atoms with van der Waals surface area (Å²) < 4.78 is 1.08. The Morgan fingerprint density at radius 3 is 2.31 bits per heavy atom. The van der Waals surface area contributed by atoms with Crippen molar-refractivity contribution in [1.29, 1.82) is 0 Å². The Balaban J connectivity index is 1.43. The highest BCUT2D eigenvalue weighted by Gasteiger charge is 2.28. The Kier molecular flexibility index (Phi) is 5.31. The first kappa shape index (κ1) is 19.1. The van der Waals surface area contributed by atoms with Crippen molar-refractivity contribution in [2.24, 2.45) is 5.92 Å². The minimum Gasteiger partial charge on any atom is -0.388 e. The first-order valence-electron chi connectivity index (χ1n) is 9.77. The van der Waals surface area contributed by atoms with Gasteiger partial charge in [0.1, 0.15) is 6.54 Å². The number of rotatable bonds is 4. The van der Waals surface area contributed by atoms with Crippen LogP contribution in [-0.4, -0.2) is 38.8 Å². The van der Waals surface area contributed by atoms with Crippen LogP contribution >= 0.6 is 0 Å². The van der Waals surface area contributed by atoms with E-state index in [0.29, 0.717) is 36.7 Å². The zero-order valence-corrected chi connectivity index (χ0v) is 16.0. The van der Waals surface area contributed by atoms with E-state index in [9.17, 15) is 19.5 Å². The first-order chi connectivity index (χ1) is 14.0. The number of carbonyl (C=O) groups excluding carboxylic acids is 1. The van der Waals surface area contributed by atoms with Crippen LogP contribution in [0, 0.1) is 5.92 Å². The molecule has 1 amide bonds. The molecule has 4 rings (SSSR count). The molecule has 29 heavy (non-hydrogen) atoms. The van der Waals surface area contributed by atoms with Crippen molar-refractivity contribution in [1.82, 2.24) is 14.7 Å². The summed E-state index contributed by atoms with van der Waals surface area (Å²) in [5.74, 6) is -0.129. The van der Waals surface area contributed by atoms with E-state index in [1.165, 1.54) is 0 Å². The third kappa shape index (κ3) is 3.86. The van der Waals surface area contributed by atoms with E-state index < -0.39 is 11.7 Å². The van der Waals surface area contributed by atoms with Gasteiger partial charge in [-0.05, 0) is 36.5 Å². The van der Waals surface area contributed by atoms with Crippen LogP contribution in [0.3, 0.4) is 0 Å². The van der Waals surface area contributed by atoms with Crippen molar-refractivity contribution >= 4 is 16.7 Å². The lowest BCUT2D eigenvalue weighted by atomic mass is 9.87. The largest absolute Gasteiger partial charge is 0.388 e. The van der Waals surface area contributed by atoms with Gasteiger partial charge in [-0.25, -0.2) is 4.68 Å². The van der Waals surface area contributed by atoms with Crippen molar-refractivity contribution in [3.05, 3.63) is 80.9 Å². The molecule has 150 valence electrons. The number of H-pyrrole nitrogens is 1. The topological polar surface area (TPSA) is 95.4 Å². The van der Waals surface area contributed by atoms with Gasteiger partial charge in [0.25, 0.3) is 11.1 Å². The normalized spacial score (nSPS) is 16.1. The Morgan fingerprint density at radius 1 is 1.00 bits per heavy atom. The molecule has 1 saturated heterocycles. The number of aromatic nitrogens is 2. The van der Waals surface area contributed by atoms with Crippen LogP contribution in [0.15, 0.2) is 64.2 Å². The molecule has 1 aromatic heterocycles. The van der Waals surface area contributed by atoms with Crippen LogP contribution in [0.4, 0.5) is 0 Å². The van der Waals surface area contributed by atoms with Gasteiger partial charge in [-0.2, -0.15) is 0 Å². The van der Waals surface area contributed by atoms with Gasteiger partial charge in [-0.3, -0.25) is 19.5 Å². The molecule has 1 aliphatic heterocycles. The maximum atomic E-state index is 12.7. The van der Waals surface area contributed by atoms with Crippen molar-refractivity contribution in [3.63, 3.8) is 0 Å². The number of piperidine rings is 1. The van der Waals surface area contributed by atoms with E-state index >= 15 is 0 Å². The number of hydrogen-bond acceptors (Lipinski definition) is 4. The van der Waals surface area contributed by atoms with Crippen LogP contribution in [0.1, 0.15) is 24.5 Å². The zero-order valence-electron chi connectivity index (χ0n) is 16.0. The highest BCUT2D eigenvalue weighted by molar-refractivity contribution is 5.81. The maximum absolute atomic E-state index is 12.7. The summed E-state index contributed by atoms with van der Waals surface area (Å²) in [5.41, 5.74) is 0.109. The predicted molar refractivity (Wildman–Crippen MR) is 110 cm³/mol. The molecular weight excluding hydrogens is 370 g/mol. The molecular formula is C22H23N3O4. The molecule has 0 unspecified atom stereocenters. The molecule has 3 aromatic rings. The summed E-state index contributed by atoms with van der Waals surface area (Å²) in [5, 5.41) is 13.7. The Labute approximate surface area is 167 Å². The molecule has 2 heterocycles. The number of nitrogens with zero attached hydrogens (tertiary/aromatic N) is 2. The molecule has 1 fully saturated rings. The van der Waals surface area contributed by atoms with Crippen LogP contribution in [0.25, 0.3) is 10.8 Å². The van der Waals surface area contributed by atoms with Crippen molar-refractivity contribution in [2.45, 2.75) is 25.5 Å². The van der Waals surface area contributed by atoms with Gasteiger partial charge in [0.05, 0.1) is 16.9 Å². The summed E-state index contributed by atoms with van der Waals surface area (Å²) in [6.45, 7) is 0.824. The minimum absolute atomic E-state index is 0.0876. The van der Waals surface area contributed by atoms with E-state index in [0.717, 1.165) is 10.2 Å². The standard InChI is InChI=1S/C22H23N3O4/c26-19(14-25-22(29)18-9-5-4-8-17(18)21(28)23-25)24-12-10-16(11-13-24)20(27)15-6-2-1-3-7-15/h1-9,16,20,27H,10-14H2,(H,23,28)/t20-/m0/s1. The molecule has 0 bridgehead atoms. The van der Waals surface area contributed by atoms with Gasteiger partial charge in [0.2, 0.25) is 5.91 Å². The molecule has 7 nitrogen and oxygen atoms in total. The zero-order chi connectivity index (χ0) is 20.4. The number of benzene rings is 2. The van der Waals surface area contributed by atoms with Gasteiger partial charge in [0.15, 0.2) is 0 Å². The Bertz CT molecular complexity index is 1130. The summed E-state index contributed by atoms with van der Waals surface area (Å²) >= 11 is 0. The van der Waals surface area contributed by atoms with Crippen molar-refractivity contribution in [3.8, 4) is 0 Å². The number of aliphatic hydroxyl groups is 1. The van der Waals surface area contributed by atoms with E-state index in [2.05, 4.69) is 5.10 Å². The van der Waals surface area contributed by atoms with E-state index in [-0.39, 0.29) is 23.9 Å². The third-order valence-electron chi connectivity index (χ3n) is 5.66. The Hall–Kier alpha value is -3.19. The summed E-state index contributed by atoms with van der Waals surface area (Å²) in [4.78, 5) is 39.2. The number of nitrogens with one attached hydrogen (secondary N) is 1. The highest BCUT2D eigenvalue weighted by atomic mass is 16.3. The summed E-state index contributed by atoms with van der Waals surface area (Å²) in [7, 11) is 0. The quantitative estimate of drug-likeness (QED) is 0.705. The fraction of sp³-hybridized carbons (Fsp3) is 0.318. The lowest BCUT2D eigenvalue weighted by Gasteiger charge is -2.34. The highest BCUT2D eigenvalue weighted by Crippen LogP contribution is 2.30. The van der Waals surface area contributed by atoms with E-state index in [1.54, 1.807) is 29.2 Å². The molecule has 7 heteroatoms. The number of aliphatic hydroxyl groups excluding tert-OH is 1. The van der Waals surface area contributed by atoms with Crippen LogP contribution < -0.4 is 11.1 Å². The van der Waals surface area contributed by atoms with E-state index in [4.69, 9.17) is 0 Å². The van der Waals surface area contributed by atoms with E-state index in [1.807, 2.05) is 30.3 Å². The Morgan fingerprint density at radius 2 is 1.62 bits per heavy atom. The van der Waals surface area contributed by atoms with Gasteiger partial charge >= 0.3 is 0 Å². The molecule has 0 saturated carbocycles. The molecule has 2 N–H and O–H groups in total. The van der Waals surface area contributed by atoms with Crippen molar-refractivity contribution < 1.29 is 9.90 Å². The average Bonchev–Trinajstić information content (AvgIpc) is 2.77. The van der Waals surface area contributed by atoms with Gasteiger partial charge in [0, 0.05) is 13.1 Å². The fourth-order valence-corrected chi connectivity index (χ4v) is 3.98. The van der Waals surface area contributed by atoms with Gasteiger partial charge in [-0.1, -0.05) is 42.5 Å². The summed E-state index contributed by atoms with van der Waals surface area (Å²) in [6, 6.07) is 16.1. The monoisotopic (exact) mass is 393 g/mol. The van der Waals surface area contributed by atoms with Crippen LogP contribution in [-0.2, 0) is 11.3 Å². The number of fused-ring (bicyclic) bond motifs is 1. The molecule has 0 spiro atoms. The molecule has 1 aliphatic rings. The van der Waals surface area contributed by atoms with Gasteiger partial charge in [-0.15, -0.1) is 0 Å². The lowest BCUT2D eigenvalue weighted by Crippen LogP contribution is -2.43. The number of likely N-dealkylation sites (tertiary alicyclic amines) is 1. The number of aromatic amines is 1. The van der Waals surface area contributed by atoms with Crippen LogP contribution in [0.5, 0.6) is 0 Å². The minimum atomic E-state index is -0.548. The molecule has 1 atom stereocenters. The maximum Gasteiger partial charge on any atom is 0.273 e. The number of carbonyl (C=O) groups is 1.